The zero-order chi connectivity index (χ0) is 21.0. The smallest absolute Gasteiger partial charge is 0.189 e. The third kappa shape index (κ3) is 4.47. The first-order valence-corrected chi connectivity index (χ1v) is 11.4. The molecule has 7 heteroatoms. The maximum Gasteiger partial charge on any atom is 0.189 e. The molecule has 0 unspecified atom stereocenters. The molecule has 0 spiro atoms. The minimum Gasteiger partial charge on any atom is -0.492 e. The van der Waals surface area contributed by atoms with Crippen LogP contribution < -0.4 is 15.8 Å². The number of pyridine rings is 1. The predicted molar refractivity (Wildman–Crippen MR) is 128 cm³/mol. The van der Waals surface area contributed by atoms with Crippen molar-refractivity contribution in [1.29, 1.82) is 0 Å². The molecule has 3 heterocycles. The molecule has 1 fully saturated rings. The fourth-order valence-electron chi connectivity index (χ4n) is 3.91. The lowest BCUT2D eigenvalue weighted by atomic mass is 10.1. The van der Waals surface area contributed by atoms with Crippen LogP contribution in [0.5, 0.6) is 5.75 Å². The highest BCUT2D eigenvalue weighted by Crippen LogP contribution is 2.38. The number of nitrogen functional groups attached to an aromatic ring is 1. The fourth-order valence-corrected chi connectivity index (χ4v) is 4.83. The Bertz CT molecular complexity index is 1160. The fraction of sp³-hybridized carbons (Fsp3) is 0.250. The molecule has 3 N–H and O–H groups in total. The maximum atomic E-state index is 6.24. The maximum absolute atomic E-state index is 6.24. The summed E-state index contributed by atoms with van der Waals surface area (Å²) < 4.78 is 5.88. The van der Waals surface area contributed by atoms with Gasteiger partial charge in [-0.05, 0) is 61.6 Å². The van der Waals surface area contributed by atoms with E-state index in [0.717, 1.165) is 51.1 Å². The van der Waals surface area contributed by atoms with Crippen LogP contribution in [-0.2, 0) is 0 Å². The number of hydrogen-bond acceptors (Lipinski definition) is 7. The number of aromatic nitrogens is 2. The van der Waals surface area contributed by atoms with E-state index < -0.39 is 0 Å². The third-order valence-electron chi connectivity index (χ3n) is 5.52. The van der Waals surface area contributed by atoms with Gasteiger partial charge in [0.15, 0.2) is 5.13 Å². The zero-order valence-electron chi connectivity index (χ0n) is 17.3. The highest BCUT2D eigenvalue weighted by molar-refractivity contribution is 7.19. The number of thiazole rings is 1. The van der Waals surface area contributed by atoms with Gasteiger partial charge in [0.25, 0.3) is 0 Å². The SMILES string of the molecule is Nc1nc(Nc2ccc(OCCN3CCCC3)cc2)sc1-c1nccc2ccccc12. The number of likely N-dealkylation sites (tertiary alicyclic amines) is 1. The molecule has 1 saturated heterocycles. The van der Waals surface area contributed by atoms with Crippen molar-refractivity contribution in [2.45, 2.75) is 12.8 Å². The topological polar surface area (TPSA) is 76.3 Å². The van der Waals surface area contributed by atoms with Crippen molar-refractivity contribution in [2.75, 3.05) is 37.3 Å². The van der Waals surface area contributed by atoms with E-state index in [4.69, 9.17) is 10.5 Å². The summed E-state index contributed by atoms with van der Waals surface area (Å²) in [5, 5.41) is 6.29. The second-order valence-electron chi connectivity index (χ2n) is 7.66. The van der Waals surface area contributed by atoms with Crippen LogP contribution >= 0.6 is 11.3 Å². The molecule has 0 bridgehead atoms. The van der Waals surface area contributed by atoms with E-state index in [9.17, 15) is 0 Å². The predicted octanol–water partition coefficient (Wildman–Crippen LogP) is 5.16. The van der Waals surface area contributed by atoms with Crippen LogP contribution in [0.25, 0.3) is 21.3 Å². The van der Waals surface area contributed by atoms with Crippen LogP contribution in [0.1, 0.15) is 12.8 Å². The van der Waals surface area contributed by atoms with Gasteiger partial charge in [0, 0.05) is 23.8 Å². The standard InChI is InChI=1S/C24H25N5OS/c25-23-22(21-20-6-2-1-5-17(20)11-12-26-21)31-24(28-23)27-18-7-9-19(10-8-18)30-16-15-29-13-3-4-14-29/h1-2,5-12H,3-4,13-16,25H2,(H,27,28). The minimum atomic E-state index is 0.484. The lowest BCUT2D eigenvalue weighted by molar-refractivity contribution is 0.238. The number of fused-ring (bicyclic) bond motifs is 1. The van der Waals surface area contributed by atoms with Crippen molar-refractivity contribution < 1.29 is 4.74 Å². The van der Waals surface area contributed by atoms with E-state index in [-0.39, 0.29) is 0 Å². The van der Waals surface area contributed by atoms with E-state index in [1.165, 1.54) is 37.3 Å². The van der Waals surface area contributed by atoms with Gasteiger partial charge in [-0.2, -0.15) is 0 Å². The molecule has 0 aliphatic carbocycles. The van der Waals surface area contributed by atoms with E-state index >= 15 is 0 Å². The molecule has 1 aliphatic rings. The molecule has 0 amide bonds. The second kappa shape index (κ2) is 8.91. The molecule has 1 aliphatic heterocycles. The molecule has 0 radical (unpaired) electrons. The summed E-state index contributed by atoms with van der Waals surface area (Å²) in [6.07, 6.45) is 4.42. The average Bonchev–Trinajstić information content (AvgIpc) is 3.44. The molecular formula is C24H25N5OS. The quantitative estimate of drug-likeness (QED) is 0.421. The number of ether oxygens (including phenoxy) is 1. The first-order chi connectivity index (χ1) is 15.3. The Kier molecular flexibility index (Phi) is 5.69. The van der Waals surface area contributed by atoms with Crippen molar-refractivity contribution >= 4 is 38.7 Å². The summed E-state index contributed by atoms with van der Waals surface area (Å²) in [7, 11) is 0. The number of nitrogens with zero attached hydrogens (tertiary/aromatic N) is 3. The average molecular weight is 432 g/mol. The van der Waals surface area contributed by atoms with E-state index in [1.54, 1.807) is 0 Å². The third-order valence-corrected chi connectivity index (χ3v) is 6.52. The van der Waals surface area contributed by atoms with Gasteiger partial charge in [-0.15, -0.1) is 0 Å². The van der Waals surface area contributed by atoms with Gasteiger partial charge < -0.3 is 15.8 Å². The molecule has 0 saturated carbocycles. The van der Waals surface area contributed by atoms with Crippen LogP contribution in [0, 0.1) is 0 Å². The van der Waals surface area contributed by atoms with Gasteiger partial charge in [-0.3, -0.25) is 9.88 Å². The van der Waals surface area contributed by atoms with E-state index in [2.05, 4.69) is 32.3 Å². The summed E-state index contributed by atoms with van der Waals surface area (Å²) in [4.78, 5) is 12.4. The zero-order valence-corrected chi connectivity index (χ0v) is 18.1. The molecule has 0 atom stereocenters. The summed E-state index contributed by atoms with van der Waals surface area (Å²) >= 11 is 1.51. The Hall–Kier alpha value is -3.16. The number of hydrogen-bond donors (Lipinski definition) is 2. The Morgan fingerprint density at radius 1 is 1.03 bits per heavy atom. The minimum absolute atomic E-state index is 0.484. The highest BCUT2D eigenvalue weighted by Gasteiger charge is 2.15. The van der Waals surface area contributed by atoms with Crippen LogP contribution in [0.4, 0.5) is 16.6 Å². The lowest BCUT2D eigenvalue weighted by Gasteiger charge is -2.15. The van der Waals surface area contributed by atoms with Crippen molar-refractivity contribution in [1.82, 2.24) is 14.9 Å². The van der Waals surface area contributed by atoms with Gasteiger partial charge in [0.1, 0.15) is 18.2 Å². The van der Waals surface area contributed by atoms with Gasteiger partial charge >= 0.3 is 0 Å². The van der Waals surface area contributed by atoms with Crippen molar-refractivity contribution in [3.05, 3.63) is 60.8 Å². The lowest BCUT2D eigenvalue weighted by Crippen LogP contribution is -2.25. The molecule has 6 nitrogen and oxygen atoms in total. The number of nitrogens with one attached hydrogen (secondary N) is 1. The van der Waals surface area contributed by atoms with Crippen LogP contribution in [-0.4, -0.2) is 41.1 Å². The molecule has 2 aromatic carbocycles. The van der Waals surface area contributed by atoms with E-state index in [1.807, 2.05) is 48.7 Å². The van der Waals surface area contributed by atoms with Gasteiger partial charge in [-0.25, -0.2) is 4.98 Å². The molecule has 4 aromatic rings. The number of anilines is 3. The van der Waals surface area contributed by atoms with Gasteiger partial charge in [0.2, 0.25) is 0 Å². The van der Waals surface area contributed by atoms with Crippen LogP contribution in [0.15, 0.2) is 60.8 Å². The first-order valence-electron chi connectivity index (χ1n) is 10.6. The molecule has 2 aromatic heterocycles. The number of nitrogens with two attached hydrogens (primary N) is 1. The van der Waals surface area contributed by atoms with Crippen molar-refractivity contribution in [2.24, 2.45) is 0 Å². The van der Waals surface area contributed by atoms with Gasteiger partial charge in [0.05, 0.1) is 10.6 Å². The van der Waals surface area contributed by atoms with Crippen LogP contribution in [0.2, 0.25) is 0 Å². The van der Waals surface area contributed by atoms with Gasteiger partial charge in [-0.1, -0.05) is 35.6 Å². The Balaban J connectivity index is 1.26. The summed E-state index contributed by atoms with van der Waals surface area (Å²) in [6.45, 7) is 4.10. The largest absolute Gasteiger partial charge is 0.492 e. The molecule has 158 valence electrons. The summed E-state index contributed by atoms with van der Waals surface area (Å²) in [5.74, 6) is 1.36. The Morgan fingerprint density at radius 3 is 2.68 bits per heavy atom. The Morgan fingerprint density at radius 2 is 1.84 bits per heavy atom. The first kappa shape index (κ1) is 19.8. The second-order valence-corrected chi connectivity index (χ2v) is 8.66. The van der Waals surface area contributed by atoms with Crippen molar-refractivity contribution in [3.63, 3.8) is 0 Å². The van der Waals surface area contributed by atoms with E-state index in [0.29, 0.717) is 5.82 Å². The number of rotatable bonds is 7. The molecule has 5 rings (SSSR count). The Labute approximate surface area is 185 Å². The van der Waals surface area contributed by atoms with Crippen molar-refractivity contribution in [3.8, 4) is 16.3 Å². The summed E-state index contributed by atoms with van der Waals surface area (Å²) in [6, 6.07) is 18.1. The monoisotopic (exact) mass is 431 g/mol. The number of benzene rings is 2. The summed E-state index contributed by atoms with van der Waals surface area (Å²) in [5.41, 5.74) is 8.05. The molecule has 31 heavy (non-hydrogen) atoms. The van der Waals surface area contributed by atoms with Crippen LogP contribution in [0.3, 0.4) is 0 Å². The highest BCUT2D eigenvalue weighted by atomic mass is 32.1. The normalized spacial score (nSPS) is 14.2. The molecular weight excluding hydrogens is 406 g/mol.